The topological polar surface area (TPSA) is 24.9 Å². The predicted octanol–water partition coefficient (Wildman–Crippen LogP) is 3.56. The third-order valence-electron chi connectivity index (χ3n) is 2.36. The molecule has 1 aromatic heterocycles. The summed E-state index contributed by atoms with van der Waals surface area (Å²) >= 11 is 1.58. The van der Waals surface area contributed by atoms with Crippen LogP contribution in [0.1, 0.15) is 16.0 Å². The van der Waals surface area contributed by atoms with Gasteiger partial charge in [-0.15, -0.1) is 11.3 Å². The summed E-state index contributed by atoms with van der Waals surface area (Å²) in [5.74, 6) is -0.226. The molecule has 0 fully saturated rings. The van der Waals surface area contributed by atoms with Crippen LogP contribution in [0.25, 0.3) is 6.08 Å². The summed E-state index contributed by atoms with van der Waals surface area (Å²) < 4.78 is 13.3. The van der Waals surface area contributed by atoms with Gasteiger partial charge in [-0.3, -0.25) is 0 Å². The van der Waals surface area contributed by atoms with Crippen LogP contribution in [0, 0.1) is 5.82 Å². The van der Waals surface area contributed by atoms with E-state index in [4.69, 9.17) is 0 Å². The van der Waals surface area contributed by atoms with Crippen LogP contribution in [-0.2, 0) is 6.42 Å². The molecule has 0 saturated carbocycles. The van der Waals surface area contributed by atoms with Crippen molar-refractivity contribution < 1.29 is 4.39 Å². The number of hydrogen-bond acceptors (Lipinski definition) is 3. The van der Waals surface area contributed by atoms with Crippen LogP contribution in [0.5, 0.6) is 0 Å². The van der Waals surface area contributed by atoms with Gasteiger partial charge in [0.25, 0.3) is 0 Å². The zero-order chi connectivity index (χ0) is 12.3. The molecular formula is C13H13FN2S. The first-order valence-corrected chi connectivity index (χ1v) is 6.07. The average Bonchev–Trinajstić information content (AvgIpc) is 2.76. The molecule has 0 radical (unpaired) electrons. The maximum Gasteiger partial charge on any atom is 0.182 e. The van der Waals surface area contributed by atoms with Crippen molar-refractivity contribution in [2.45, 2.75) is 6.42 Å². The summed E-state index contributed by atoms with van der Waals surface area (Å²) in [6.07, 6.45) is 4.16. The number of nitrogens with one attached hydrogen (secondary N) is 1. The van der Waals surface area contributed by atoms with Crippen LogP contribution in [0.3, 0.4) is 0 Å². The number of nitrogens with zero attached hydrogens (tertiary/aromatic N) is 1. The monoisotopic (exact) mass is 248 g/mol. The van der Waals surface area contributed by atoms with E-state index in [1.54, 1.807) is 23.5 Å². The molecule has 1 N–H and O–H groups in total. The number of thiazole rings is 1. The minimum absolute atomic E-state index is 0.226. The van der Waals surface area contributed by atoms with Crippen molar-refractivity contribution >= 4 is 22.5 Å². The van der Waals surface area contributed by atoms with Crippen LogP contribution >= 0.6 is 11.3 Å². The van der Waals surface area contributed by atoms with Crippen LogP contribution in [0.4, 0.5) is 9.52 Å². The van der Waals surface area contributed by atoms with Gasteiger partial charge in [0.1, 0.15) is 5.82 Å². The van der Waals surface area contributed by atoms with Gasteiger partial charge in [-0.2, -0.15) is 0 Å². The number of aromatic nitrogens is 1. The zero-order valence-electron chi connectivity index (χ0n) is 9.53. The molecule has 0 bridgehead atoms. The molecule has 4 heteroatoms. The maximum absolute atomic E-state index is 13.3. The van der Waals surface area contributed by atoms with Crippen LogP contribution in [0.2, 0.25) is 0 Å². The lowest BCUT2D eigenvalue weighted by molar-refractivity contribution is 0.625. The second-order valence-electron chi connectivity index (χ2n) is 3.66. The van der Waals surface area contributed by atoms with Gasteiger partial charge in [0.15, 0.2) is 5.13 Å². The second kappa shape index (κ2) is 5.10. The Balaban J connectivity index is 2.23. The molecule has 0 aliphatic rings. The molecule has 0 saturated heterocycles. The highest BCUT2D eigenvalue weighted by molar-refractivity contribution is 7.15. The highest BCUT2D eigenvalue weighted by Gasteiger charge is 2.04. The first-order chi connectivity index (χ1) is 8.21. The molecule has 2 rings (SSSR count). The third-order valence-corrected chi connectivity index (χ3v) is 3.38. The lowest BCUT2D eigenvalue weighted by Crippen LogP contribution is -1.88. The highest BCUT2D eigenvalue weighted by Crippen LogP contribution is 2.21. The van der Waals surface area contributed by atoms with Gasteiger partial charge < -0.3 is 5.32 Å². The molecule has 1 aromatic carbocycles. The number of anilines is 1. The standard InChI is InChI=1S/C13H13FN2S/c1-3-9-4-10(6-11(14)5-9)7-12-8-16-13(15-2)17-12/h3-6,8H,1,7H2,2H3,(H,15,16). The Morgan fingerprint density at radius 3 is 2.94 bits per heavy atom. The van der Waals surface area contributed by atoms with Crippen molar-refractivity contribution in [3.63, 3.8) is 0 Å². The van der Waals surface area contributed by atoms with Gasteiger partial charge >= 0.3 is 0 Å². The fourth-order valence-electron chi connectivity index (χ4n) is 1.60. The smallest absolute Gasteiger partial charge is 0.182 e. The van der Waals surface area contributed by atoms with E-state index in [0.717, 1.165) is 21.1 Å². The molecular weight excluding hydrogens is 235 g/mol. The number of rotatable bonds is 4. The molecule has 1 heterocycles. The molecule has 0 spiro atoms. The van der Waals surface area contributed by atoms with Crippen molar-refractivity contribution in [3.8, 4) is 0 Å². The molecule has 0 aliphatic carbocycles. The summed E-state index contributed by atoms with van der Waals surface area (Å²) in [5.41, 5.74) is 1.74. The Kier molecular flexibility index (Phi) is 3.54. The predicted molar refractivity (Wildman–Crippen MR) is 71.0 cm³/mol. The minimum Gasteiger partial charge on any atom is -0.365 e. The van der Waals surface area contributed by atoms with Crippen LogP contribution in [-0.4, -0.2) is 12.0 Å². The SMILES string of the molecule is C=Cc1cc(F)cc(Cc2cnc(NC)s2)c1. The summed E-state index contributed by atoms with van der Waals surface area (Å²) in [4.78, 5) is 5.30. The maximum atomic E-state index is 13.3. The second-order valence-corrected chi connectivity index (χ2v) is 4.77. The lowest BCUT2D eigenvalue weighted by Gasteiger charge is -2.01. The van der Waals surface area contributed by atoms with E-state index in [-0.39, 0.29) is 5.82 Å². The summed E-state index contributed by atoms with van der Waals surface area (Å²) in [7, 11) is 1.83. The Bertz CT molecular complexity index is 534. The van der Waals surface area contributed by atoms with Gasteiger partial charge in [-0.1, -0.05) is 18.7 Å². The van der Waals surface area contributed by atoms with Gasteiger partial charge in [-0.05, 0) is 23.3 Å². The van der Waals surface area contributed by atoms with E-state index in [0.29, 0.717) is 6.42 Å². The van der Waals surface area contributed by atoms with E-state index in [9.17, 15) is 4.39 Å². The fourth-order valence-corrected chi connectivity index (χ4v) is 2.40. The molecule has 0 aliphatic heterocycles. The Hall–Kier alpha value is -1.68. The van der Waals surface area contributed by atoms with Gasteiger partial charge in [0.2, 0.25) is 0 Å². The normalized spacial score (nSPS) is 10.2. The quantitative estimate of drug-likeness (QED) is 0.895. The third kappa shape index (κ3) is 2.91. The molecule has 2 nitrogen and oxygen atoms in total. The van der Waals surface area contributed by atoms with Crippen molar-refractivity contribution in [3.05, 3.63) is 52.8 Å². The van der Waals surface area contributed by atoms with Gasteiger partial charge in [0.05, 0.1) is 0 Å². The number of hydrogen-bond donors (Lipinski definition) is 1. The minimum atomic E-state index is -0.226. The molecule has 0 unspecified atom stereocenters. The van der Waals surface area contributed by atoms with Crippen molar-refractivity contribution in [1.29, 1.82) is 0 Å². The summed E-state index contributed by atoms with van der Waals surface area (Å²) in [6, 6.07) is 4.96. The molecule has 17 heavy (non-hydrogen) atoms. The van der Waals surface area contributed by atoms with E-state index >= 15 is 0 Å². The van der Waals surface area contributed by atoms with E-state index in [2.05, 4.69) is 16.9 Å². The molecule has 88 valence electrons. The largest absolute Gasteiger partial charge is 0.365 e. The van der Waals surface area contributed by atoms with E-state index < -0.39 is 0 Å². The Labute approximate surface area is 104 Å². The van der Waals surface area contributed by atoms with Gasteiger partial charge in [0, 0.05) is 24.5 Å². The highest BCUT2D eigenvalue weighted by atomic mass is 32.1. The van der Waals surface area contributed by atoms with E-state index in [1.165, 1.54) is 6.07 Å². The van der Waals surface area contributed by atoms with Crippen molar-refractivity contribution in [1.82, 2.24) is 4.98 Å². The lowest BCUT2D eigenvalue weighted by atomic mass is 10.1. The average molecular weight is 248 g/mol. The summed E-state index contributed by atoms with van der Waals surface area (Å²) in [6.45, 7) is 3.65. The Morgan fingerprint density at radius 1 is 1.47 bits per heavy atom. The first kappa shape index (κ1) is 11.8. The van der Waals surface area contributed by atoms with Crippen LogP contribution in [0.15, 0.2) is 31.0 Å². The fraction of sp³-hybridized carbons (Fsp3) is 0.154. The van der Waals surface area contributed by atoms with Crippen molar-refractivity contribution in [2.24, 2.45) is 0 Å². The van der Waals surface area contributed by atoms with Crippen LogP contribution < -0.4 is 5.32 Å². The number of benzene rings is 1. The number of halogens is 1. The zero-order valence-corrected chi connectivity index (χ0v) is 10.4. The first-order valence-electron chi connectivity index (χ1n) is 5.25. The van der Waals surface area contributed by atoms with Crippen molar-refractivity contribution in [2.75, 3.05) is 12.4 Å². The summed E-state index contributed by atoms with van der Waals surface area (Å²) in [5, 5.41) is 3.86. The molecule has 0 amide bonds. The van der Waals surface area contributed by atoms with E-state index in [1.807, 2.05) is 19.3 Å². The Morgan fingerprint density at radius 2 is 2.29 bits per heavy atom. The molecule has 0 atom stereocenters. The van der Waals surface area contributed by atoms with Gasteiger partial charge in [-0.25, -0.2) is 9.37 Å². The molecule has 2 aromatic rings.